The highest BCUT2D eigenvalue weighted by Crippen LogP contribution is 2.31. The van der Waals surface area contributed by atoms with Gasteiger partial charge in [0.25, 0.3) is 0 Å². The van der Waals surface area contributed by atoms with E-state index < -0.39 is 0 Å². The van der Waals surface area contributed by atoms with E-state index in [1.165, 1.54) is 23.3 Å². The molecule has 1 atom stereocenters. The SMILES string of the molecule is Cc1ccccc1C1CN(c2ccnc3cc(F)ccc23)CCO1. The highest BCUT2D eigenvalue weighted by molar-refractivity contribution is 5.91. The molecular weight excluding hydrogens is 303 g/mol. The second-order valence-electron chi connectivity index (χ2n) is 6.15. The quantitative estimate of drug-likeness (QED) is 0.705. The molecule has 2 heterocycles. The van der Waals surface area contributed by atoms with Gasteiger partial charge in [-0.25, -0.2) is 4.39 Å². The third kappa shape index (κ3) is 2.74. The van der Waals surface area contributed by atoms with Crippen LogP contribution < -0.4 is 4.90 Å². The van der Waals surface area contributed by atoms with E-state index in [0.29, 0.717) is 12.1 Å². The summed E-state index contributed by atoms with van der Waals surface area (Å²) in [6.07, 6.45) is 1.79. The maximum Gasteiger partial charge on any atom is 0.125 e. The number of morpholine rings is 1. The zero-order chi connectivity index (χ0) is 16.5. The smallest absolute Gasteiger partial charge is 0.125 e. The van der Waals surface area contributed by atoms with E-state index in [9.17, 15) is 4.39 Å². The summed E-state index contributed by atoms with van der Waals surface area (Å²) in [5.74, 6) is -0.257. The molecular formula is C20H19FN2O. The van der Waals surface area contributed by atoms with Crippen molar-refractivity contribution < 1.29 is 9.13 Å². The van der Waals surface area contributed by atoms with Crippen molar-refractivity contribution in [3.63, 3.8) is 0 Å². The lowest BCUT2D eigenvalue weighted by Crippen LogP contribution is -2.38. The van der Waals surface area contributed by atoms with Gasteiger partial charge in [-0.15, -0.1) is 0 Å². The second-order valence-corrected chi connectivity index (χ2v) is 6.15. The van der Waals surface area contributed by atoms with Crippen LogP contribution in [0.1, 0.15) is 17.2 Å². The summed E-state index contributed by atoms with van der Waals surface area (Å²) in [7, 11) is 0. The summed E-state index contributed by atoms with van der Waals surface area (Å²) >= 11 is 0. The van der Waals surface area contributed by atoms with Crippen LogP contribution in [0.2, 0.25) is 0 Å². The lowest BCUT2D eigenvalue weighted by atomic mass is 10.0. The summed E-state index contributed by atoms with van der Waals surface area (Å²) in [4.78, 5) is 6.60. The molecule has 2 aromatic carbocycles. The molecule has 0 N–H and O–H groups in total. The topological polar surface area (TPSA) is 25.4 Å². The maximum absolute atomic E-state index is 13.5. The van der Waals surface area contributed by atoms with Gasteiger partial charge in [0.15, 0.2) is 0 Å². The van der Waals surface area contributed by atoms with Crippen molar-refractivity contribution in [1.82, 2.24) is 4.98 Å². The fourth-order valence-electron chi connectivity index (χ4n) is 3.39. The highest BCUT2D eigenvalue weighted by Gasteiger charge is 2.24. The third-order valence-electron chi connectivity index (χ3n) is 4.62. The van der Waals surface area contributed by atoms with Gasteiger partial charge in [0, 0.05) is 36.4 Å². The van der Waals surface area contributed by atoms with E-state index >= 15 is 0 Å². The Morgan fingerprint density at radius 2 is 2.04 bits per heavy atom. The number of pyridine rings is 1. The van der Waals surface area contributed by atoms with Crippen LogP contribution in [0.15, 0.2) is 54.7 Å². The van der Waals surface area contributed by atoms with Gasteiger partial charge in [-0.3, -0.25) is 4.98 Å². The van der Waals surface area contributed by atoms with Crippen LogP contribution in [-0.2, 0) is 4.74 Å². The number of fused-ring (bicyclic) bond motifs is 1. The van der Waals surface area contributed by atoms with Crippen molar-refractivity contribution in [1.29, 1.82) is 0 Å². The first kappa shape index (κ1) is 15.1. The Morgan fingerprint density at radius 3 is 2.92 bits per heavy atom. The average Bonchev–Trinajstić information content (AvgIpc) is 2.61. The van der Waals surface area contributed by atoms with E-state index in [1.54, 1.807) is 6.20 Å². The molecule has 4 rings (SSSR count). The predicted molar refractivity (Wildman–Crippen MR) is 93.8 cm³/mol. The van der Waals surface area contributed by atoms with E-state index in [4.69, 9.17) is 4.74 Å². The van der Waals surface area contributed by atoms with Crippen molar-refractivity contribution in [2.75, 3.05) is 24.6 Å². The molecule has 3 aromatic rings. The van der Waals surface area contributed by atoms with Crippen LogP contribution >= 0.6 is 0 Å². The van der Waals surface area contributed by atoms with Crippen LogP contribution in [0.3, 0.4) is 0 Å². The largest absolute Gasteiger partial charge is 0.370 e. The number of ether oxygens (including phenoxy) is 1. The average molecular weight is 322 g/mol. The molecule has 1 fully saturated rings. The molecule has 122 valence electrons. The molecule has 0 spiro atoms. The van der Waals surface area contributed by atoms with Crippen LogP contribution in [0, 0.1) is 12.7 Å². The standard InChI is InChI=1S/C20H19FN2O/c1-14-4-2-3-5-16(14)20-13-23(10-11-24-20)19-8-9-22-18-12-15(21)6-7-17(18)19/h2-9,12,20H,10-11,13H2,1H3. The summed E-state index contributed by atoms with van der Waals surface area (Å²) in [6.45, 7) is 4.38. The van der Waals surface area contributed by atoms with E-state index in [1.807, 2.05) is 18.2 Å². The van der Waals surface area contributed by atoms with E-state index in [2.05, 4.69) is 35.0 Å². The van der Waals surface area contributed by atoms with Gasteiger partial charge in [-0.2, -0.15) is 0 Å². The summed E-state index contributed by atoms with van der Waals surface area (Å²) in [6, 6.07) is 15.1. The first-order valence-corrected chi connectivity index (χ1v) is 8.19. The van der Waals surface area contributed by atoms with Crippen LogP contribution in [-0.4, -0.2) is 24.7 Å². The lowest BCUT2D eigenvalue weighted by Gasteiger charge is -2.35. The van der Waals surface area contributed by atoms with Crippen LogP contribution in [0.4, 0.5) is 10.1 Å². The molecule has 0 bridgehead atoms. The summed E-state index contributed by atoms with van der Waals surface area (Å²) in [5, 5.41) is 0.976. The van der Waals surface area contributed by atoms with E-state index in [0.717, 1.165) is 24.2 Å². The molecule has 0 saturated carbocycles. The minimum Gasteiger partial charge on any atom is -0.370 e. The predicted octanol–water partition coefficient (Wildman–Crippen LogP) is 4.26. The van der Waals surface area contributed by atoms with Crippen molar-refractivity contribution >= 4 is 16.6 Å². The zero-order valence-corrected chi connectivity index (χ0v) is 13.6. The molecule has 3 nitrogen and oxygen atoms in total. The molecule has 1 aliphatic heterocycles. The fourth-order valence-corrected chi connectivity index (χ4v) is 3.39. The second kappa shape index (κ2) is 6.21. The molecule has 0 aliphatic carbocycles. The number of benzene rings is 2. The number of hydrogen-bond acceptors (Lipinski definition) is 3. The maximum atomic E-state index is 13.5. The number of rotatable bonds is 2. The Kier molecular flexibility index (Phi) is 3.90. The molecule has 1 unspecified atom stereocenters. The monoisotopic (exact) mass is 322 g/mol. The van der Waals surface area contributed by atoms with Gasteiger partial charge in [0.1, 0.15) is 11.9 Å². The minimum absolute atomic E-state index is 0.0450. The minimum atomic E-state index is -0.257. The number of aryl methyl sites for hydroxylation is 1. The Balaban J connectivity index is 1.69. The summed E-state index contributed by atoms with van der Waals surface area (Å²) in [5.41, 5.74) is 4.24. The molecule has 1 saturated heterocycles. The Bertz CT molecular complexity index is 880. The number of aromatic nitrogens is 1. The molecule has 4 heteroatoms. The highest BCUT2D eigenvalue weighted by atomic mass is 19.1. The first-order chi connectivity index (χ1) is 11.7. The van der Waals surface area contributed by atoms with Gasteiger partial charge < -0.3 is 9.64 Å². The van der Waals surface area contributed by atoms with Crippen LogP contribution in [0.25, 0.3) is 10.9 Å². The van der Waals surface area contributed by atoms with Crippen molar-refractivity contribution in [3.05, 3.63) is 71.7 Å². The van der Waals surface area contributed by atoms with Gasteiger partial charge in [-0.05, 0) is 36.2 Å². The molecule has 1 aliphatic rings. The lowest BCUT2D eigenvalue weighted by molar-refractivity contribution is 0.0395. The first-order valence-electron chi connectivity index (χ1n) is 8.19. The molecule has 0 radical (unpaired) electrons. The van der Waals surface area contributed by atoms with Crippen molar-refractivity contribution in [2.45, 2.75) is 13.0 Å². The van der Waals surface area contributed by atoms with Crippen molar-refractivity contribution in [3.8, 4) is 0 Å². The third-order valence-corrected chi connectivity index (χ3v) is 4.62. The summed E-state index contributed by atoms with van der Waals surface area (Å²) < 4.78 is 19.5. The van der Waals surface area contributed by atoms with Crippen LogP contribution in [0.5, 0.6) is 0 Å². The number of nitrogens with zero attached hydrogens (tertiary/aromatic N) is 2. The molecule has 24 heavy (non-hydrogen) atoms. The molecule has 0 amide bonds. The fraction of sp³-hybridized carbons (Fsp3) is 0.250. The Hall–Kier alpha value is -2.46. The number of hydrogen-bond donors (Lipinski definition) is 0. The zero-order valence-electron chi connectivity index (χ0n) is 13.6. The van der Waals surface area contributed by atoms with Gasteiger partial charge >= 0.3 is 0 Å². The van der Waals surface area contributed by atoms with Crippen molar-refractivity contribution in [2.24, 2.45) is 0 Å². The van der Waals surface area contributed by atoms with E-state index in [-0.39, 0.29) is 11.9 Å². The van der Waals surface area contributed by atoms with Gasteiger partial charge in [0.05, 0.1) is 12.1 Å². The van der Waals surface area contributed by atoms with Gasteiger partial charge in [0.2, 0.25) is 0 Å². The van der Waals surface area contributed by atoms with Gasteiger partial charge in [-0.1, -0.05) is 24.3 Å². The normalized spacial score (nSPS) is 18.1. The number of anilines is 1. The molecule has 1 aromatic heterocycles. The number of halogens is 1. The Labute approximate surface area is 140 Å². The Morgan fingerprint density at radius 1 is 1.17 bits per heavy atom.